The Kier molecular flexibility index (Phi) is 5.54. The van der Waals surface area contributed by atoms with Gasteiger partial charge < -0.3 is 10.1 Å². The summed E-state index contributed by atoms with van der Waals surface area (Å²) in [5.74, 6) is -0.0992. The van der Waals surface area contributed by atoms with Crippen LogP contribution < -0.4 is 5.32 Å². The van der Waals surface area contributed by atoms with Crippen LogP contribution in [0.25, 0.3) is 0 Å². The van der Waals surface area contributed by atoms with Crippen LogP contribution in [0, 0.1) is 5.92 Å². The third kappa shape index (κ3) is 4.48. The Hall–Kier alpha value is -2.10. The SMILES string of the molecule is CS(=O)(=O)OC[C@@H]1CC[C@H]2[C@@H](c3ccccc3)Nc3ccc(C(F)(F)F)cc3[C@H]2O1. The molecule has 2 aliphatic heterocycles. The number of nitrogens with one attached hydrogen (secondary N) is 1. The van der Waals surface area contributed by atoms with Gasteiger partial charge in [-0.15, -0.1) is 0 Å². The molecule has 30 heavy (non-hydrogen) atoms. The van der Waals surface area contributed by atoms with Crippen molar-refractivity contribution in [3.05, 3.63) is 65.2 Å². The highest BCUT2D eigenvalue weighted by Crippen LogP contribution is 2.51. The minimum Gasteiger partial charge on any atom is -0.378 e. The number of hydrogen-bond acceptors (Lipinski definition) is 5. The molecule has 5 nitrogen and oxygen atoms in total. The second-order valence-electron chi connectivity index (χ2n) is 7.74. The number of fused-ring (bicyclic) bond motifs is 3. The van der Waals surface area contributed by atoms with E-state index in [1.165, 1.54) is 6.07 Å². The molecule has 2 heterocycles. The van der Waals surface area contributed by atoms with Crippen molar-refractivity contribution in [1.82, 2.24) is 0 Å². The van der Waals surface area contributed by atoms with Gasteiger partial charge in [-0.3, -0.25) is 4.18 Å². The normalized spacial score (nSPS) is 26.4. The molecule has 0 unspecified atom stereocenters. The molecule has 162 valence electrons. The first-order chi connectivity index (χ1) is 14.1. The van der Waals surface area contributed by atoms with Gasteiger partial charge in [0.25, 0.3) is 10.1 Å². The van der Waals surface area contributed by atoms with Crippen molar-refractivity contribution in [3.8, 4) is 0 Å². The van der Waals surface area contributed by atoms with Gasteiger partial charge in [-0.2, -0.15) is 21.6 Å². The number of anilines is 1. The Balaban J connectivity index is 1.69. The zero-order chi connectivity index (χ0) is 21.5. The highest BCUT2D eigenvalue weighted by molar-refractivity contribution is 7.85. The summed E-state index contributed by atoms with van der Waals surface area (Å²) in [6.45, 7) is -0.153. The van der Waals surface area contributed by atoms with E-state index in [9.17, 15) is 21.6 Å². The topological polar surface area (TPSA) is 64.6 Å². The molecule has 0 aromatic heterocycles. The molecular weight excluding hydrogens is 419 g/mol. The monoisotopic (exact) mass is 441 g/mol. The van der Waals surface area contributed by atoms with E-state index in [2.05, 4.69) is 5.32 Å². The minimum absolute atomic E-state index is 0.0992. The average Bonchev–Trinajstić information content (AvgIpc) is 2.70. The molecule has 1 N–H and O–H groups in total. The standard InChI is InChI=1S/C21H22F3NO4S/c1-30(26,27)28-12-15-8-9-16-19(13-5-3-2-4-6-13)25-18-10-7-14(21(22,23)24)11-17(18)20(16)29-15/h2-7,10-11,15-16,19-20,25H,8-9,12H2,1H3/t15-,16-,19+,20-/m0/s1. The molecule has 2 aliphatic rings. The third-order valence-corrected chi connectivity index (χ3v) is 6.17. The zero-order valence-electron chi connectivity index (χ0n) is 16.2. The predicted molar refractivity (Wildman–Crippen MR) is 105 cm³/mol. The summed E-state index contributed by atoms with van der Waals surface area (Å²) in [5.41, 5.74) is 1.31. The summed E-state index contributed by atoms with van der Waals surface area (Å²) in [7, 11) is -3.63. The summed E-state index contributed by atoms with van der Waals surface area (Å²) in [4.78, 5) is 0. The van der Waals surface area contributed by atoms with Crippen molar-refractivity contribution in [3.63, 3.8) is 0 Å². The lowest BCUT2D eigenvalue weighted by molar-refractivity contribution is -0.138. The largest absolute Gasteiger partial charge is 0.416 e. The van der Waals surface area contributed by atoms with Crippen LogP contribution in [0.5, 0.6) is 0 Å². The van der Waals surface area contributed by atoms with E-state index in [1.54, 1.807) is 0 Å². The fourth-order valence-corrected chi connectivity index (χ4v) is 4.64. The summed E-state index contributed by atoms with van der Waals surface area (Å²) >= 11 is 0. The van der Waals surface area contributed by atoms with E-state index in [0.717, 1.165) is 24.0 Å². The Morgan fingerprint density at radius 1 is 1.13 bits per heavy atom. The van der Waals surface area contributed by atoms with Crippen molar-refractivity contribution >= 4 is 15.8 Å². The van der Waals surface area contributed by atoms with Crippen LogP contribution in [0.3, 0.4) is 0 Å². The van der Waals surface area contributed by atoms with Crippen molar-refractivity contribution in [2.24, 2.45) is 5.92 Å². The van der Waals surface area contributed by atoms with Crippen LogP contribution in [-0.2, 0) is 25.2 Å². The molecule has 4 rings (SSSR count). The van der Waals surface area contributed by atoms with Crippen LogP contribution in [0.4, 0.5) is 18.9 Å². The molecule has 2 aromatic carbocycles. The van der Waals surface area contributed by atoms with Gasteiger partial charge in [0.2, 0.25) is 0 Å². The molecule has 4 atom stereocenters. The van der Waals surface area contributed by atoms with Gasteiger partial charge in [0.1, 0.15) is 0 Å². The molecule has 2 aromatic rings. The Bertz CT molecular complexity index is 1010. The molecule has 0 radical (unpaired) electrons. The van der Waals surface area contributed by atoms with E-state index in [1.807, 2.05) is 30.3 Å². The van der Waals surface area contributed by atoms with Gasteiger partial charge in [-0.25, -0.2) is 0 Å². The van der Waals surface area contributed by atoms with Crippen LogP contribution in [0.1, 0.15) is 41.7 Å². The molecule has 1 fully saturated rings. The van der Waals surface area contributed by atoms with Crippen molar-refractivity contribution in [2.75, 3.05) is 18.2 Å². The molecule has 0 bridgehead atoms. The Morgan fingerprint density at radius 3 is 2.53 bits per heavy atom. The van der Waals surface area contributed by atoms with E-state index >= 15 is 0 Å². The maximum absolute atomic E-state index is 13.3. The van der Waals surface area contributed by atoms with E-state index in [-0.39, 0.29) is 18.6 Å². The van der Waals surface area contributed by atoms with E-state index in [0.29, 0.717) is 24.1 Å². The quantitative estimate of drug-likeness (QED) is 0.698. The van der Waals surface area contributed by atoms with Crippen LogP contribution in [0.15, 0.2) is 48.5 Å². The highest BCUT2D eigenvalue weighted by atomic mass is 32.2. The van der Waals surface area contributed by atoms with Crippen LogP contribution in [-0.4, -0.2) is 27.4 Å². The highest BCUT2D eigenvalue weighted by Gasteiger charge is 2.43. The molecular formula is C21H22F3NO4S. The summed E-state index contributed by atoms with van der Waals surface area (Å²) in [6.07, 6.45) is -3.41. The number of benzene rings is 2. The van der Waals surface area contributed by atoms with E-state index in [4.69, 9.17) is 8.92 Å². The fourth-order valence-electron chi connectivity index (χ4n) is 4.24. The molecule has 1 saturated heterocycles. The van der Waals surface area contributed by atoms with E-state index < -0.39 is 34.1 Å². The lowest BCUT2D eigenvalue weighted by Crippen LogP contribution is -2.40. The summed E-state index contributed by atoms with van der Waals surface area (Å²) in [5, 5.41) is 3.39. The van der Waals surface area contributed by atoms with Crippen molar-refractivity contribution in [1.29, 1.82) is 0 Å². The first kappa shape index (κ1) is 21.1. The molecule has 0 saturated carbocycles. The Labute approximate surface area is 173 Å². The van der Waals surface area contributed by atoms with Crippen LogP contribution in [0.2, 0.25) is 0 Å². The number of ether oxygens (including phenoxy) is 1. The fraction of sp³-hybridized carbons (Fsp3) is 0.429. The predicted octanol–water partition coefficient (Wildman–Crippen LogP) is 4.68. The number of halogens is 3. The van der Waals surface area contributed by atoms with Gasteiger partial charge in [0.05, 0.1) is 36.7 Å². The lowest BCUT2D eigenvalue weighted by Gasteiger charge is -2.45. The van der Waals surface area contributed by atoms with Gasteiger partial charge in [0, 0.05) is 17.2 Å². The maximum Gasteiger partial charge on any atom is 0.416 e. The molecule has 0 aliphatic carbocycles. The minimum atomic E-state index is -4.46. The van der Waals surface area contributed by atoms with Gasteiger partial charge in [0.15, 0.2) is 0 Å². The second kappa shape index (κ2) is 7.86. The summed E-state index contributed by atoms with van der Waals surface area (Å²) in [6, 6.07) is 13.2. The Morgan fingerprint density at radius 2 is 1.87 bits per heavy atom. The zero-order valence-corrected chi connectivity index (χ0v) is 17.0. The van der Waals surface area contributed by atoms with Crippen molar-refractivity contribution < 1.29 is 30.5 Å². The van der Waals surface area contributed by atoms with Gasteiger partial charge in [-0.1, -0.05) is 30.3 Å². The average molecular weight is 441 g/mol. The third-order valence-electron chi connectivity index (χ3n) is 5.60. The molecule has 0 spiro atoms. The van der Waals surface area contributed by atoms with Crippen molar-refractivity contribution in [2.45, 2.75) is 37.3 Å². The first-order valence-corrected chi connectivity index (χ1v) is 11.5. The number of rotatable bonds is 4. The molecule has 9 heteroatoms. The maximum atomic E-state index is 13.3. The lowest BCUT2D eigenvalue weighted by atomic mass is 9.76. The van der Waals surface area contributed by atoms with Gasteiger partial charge >= 0.3 is 6.18 Å². The second-order valence-corrected chi connectivity index (χ2v) is 9.38. The molecule has 0 amide bonds. The van der Waals surface area contributed by atoms with Crippen LogP contribution >= 0.6 is 0 Å². The number of alkyl halides is 3. The smallest absolute Gasteiger partial charge is 0.378 e. The summed E-state index contributed by atoms with van der Waals surface area (Å²) < 4.78 is 73.6. The first-order valence-electron chi connectivity index (χ1n) is 9.64. The van der Waals surface area contributed by atoms with Gasteiger partial charge in [-0.05, 0) is 36.6 Å². The number of hydrogen-bond donors (Lipinski definition) is 1.